The molecule has 1 N–H and O–H groups in total. The lowest BCUT2D eigenvalue weighted by molar-refractivity contribution is 0.273. The molecule has 0 saturated carbocycles. The SMILES string of the molecule is COc1cc(F)cc(Cl)c1CO. The smallest absolute Gasteiger partial charge is 0.128 e. The van der Waals surface area contributed by atoms with Crippen molar-refractivity contribution in [2.75, 3.05) is 7.11 Å². The molecule has 4 heteroatoms. The highest BCUT2D eigenvalue weighted by atomic mass is 35.5. The van der Waals surface area contributed by atoms with Crippen LogP contribution in [0.25, 0.3) is 0 Å². The highest BCUT2D eigenvalue weighted by Crippen LogP contribution is 2.27. The largest absolute Gasteiger partial charge is 0.496 e. The third kappa shape index (κ3) is 1.68. The predicted molar refractivity (Wildman–Crippen MR) is 43.9 cm³/mol. The Morgan fingerprint density at radius 2 is 2.25 bits per heavy atom. The Morgan fingerprint density at radius 3 is 2.75 bits per heavy atom. The third-order valence-electron chi connectivity index (χ3n) is 1.50. The van der Waals surface area contributed by atoms with Crippen molar-refractivity contribution in [1.29, 1.82) is 0 Å². The van der Waals surface area contributed by atoms with Crippen molar-refractivity contribution in [2.24, 2.45) is 0 Å². The zero-order valence-corrected chi connectivity index (χ0v) is 7.23. The van der Waals surface area contributed by atoms with Gasteiger partial charge in [-0.15, -0.1) is 0 Å². The molecule has 1 aromatic rings. The number of aliphatic hydroxyl groups excluding tert-OH is 1. The normalized spacial score (nSPS) is 10.0. The summed E-state index contributed by atoms with van der Waals surface area (Å²) in [4.78, 5) is 0. The van der Waals surface area contributed by atoms with E-state index in [2.05, 4.69) is 0 Å². The molecule has 66 valence electrons. The molecule has 0 saturated heterocycles. The summed E-state index contributed by atoms with van der Waals surface area (Å²) < 4.78 is 17.5. The van der Waals surface area contributed by atoms with Crippen LogP contribution in [0.2, 0.25) is 5.02 Å². The minimum atomic E-state index is -0.478. The van der Waals surface area contributed by atoms with E-state index < -0.39 is 5.82 Å². The maximum absolute atomic E-state index is 12.7. The van der Waals surface area contributed by atoms with E-state index >= 15 is 0 Å². The maximum atomic E-state index is 12.7. The predicted octanol–water partition coefficient (Wildman–Crippen LogP) is 1.98. The molecule has 12 heavy (non-hydrogen) atoms. The fourth-order valence-corrected chi connectivity index (χ4v) is 1.17. The Kier molecular flexibility index (Phi) is 2.89. The first-order valence-electron chi connectivity index (χ1n) is 3.31. The number of hydrogen-bond donors (Lipinski definition) is 1. The molecule has 0 radical (unpaired) electrons. The molecular formula is C8H8ClFO2. The van der Waals surface area contributed by atoms with E-state index in [9.17, 15) is 4.39 Å². The van der Waals surface area contributed by atoms with Gasteiger partial charge in [0.25, 0.3) is 0 Å². The molecule has 2 nitrogen and oxygen atoms in total. The summed E-state index contributed by atoms with van der Waals surface area (Å²) in [6.07, 6.45) is 0. The Labute approximate surface area is 74.5 Å². The van der Waals surface area contributed by atoms with Gasteiger partial charge < -0.3 is 9.84 Å². The van der Waals surface area contributed by atoms with Crippen LogP contribution >= 0.6 is 11.6 Å². The van der Waals surface area contributed by atoms with Crippen molar-refractivity contribution >= 4 is 11.6 Å². The molecular weight excluding hydrogens is 183 g/mol. The first-order chi connectivity index (χ1) is 5.69. The Balaban J connectivity index is 3.24. The first kappa shape index (κ1) is 9.29. The first-order valence-corrected chi connectivity index (χ1v) is 3.69. The van der Waals surface area contributed by atoms with Crippen LogP contribution in [0.15, 0.2) is 12.1 Å². The Hall–Kier alpha value is -0.800. The molecule has 0 spiro atoms. The minimum absolute atomic E-state index is 0.175. The Morgan fingerprint density at radius 1 is 1.58 bits per heavy atom. The quantitative estimate of drug-likeness (QED) is 0.773. The fraction of sp³-hybridized carbons (Fsp3) is 0.250. The van der Waals surface area contributed by atoms with Gasteiger partial charge in [0.05, 0.1) is 18.7 Å². The minimum Gasteiger partial charge on any atom is -0.496 e. The van der Waals surface area contributed by atoms with Crippen LogP contribution in [0.3, 0.4) is 0 Å². The number of benzene rings is 1. The summed E-state index contributed by atoms with van der Waals surface area (Å²) in [6, 6.07) is 2.31. The fourth-order valence-electron chi connectivity index (χ4n) is 0.915. The second-order valence-electron chi connectivity index (χ2n) is 2.23. The highest BCUT2D eigenvalue weighted by Gasteiger charge is 2.08. The van der Waals surface area contributed by atoms with Gasteiger partial charge in [-0.05, 0) is 6.07 Å². The molecule has 0 fully saturated rings. The lowest BCUT2D eigenvalue weighted by atomic mass is 10.2. The second kappa shape index (κ2) is 3.74. The van der Waals surface area contributed by atoms with Crippen LogP contribution in [0, 0.1) is 5.82 Å². The standard InChI is InChI=1S/C8H8ClFO2/c1-12-8-3-5(10)2-7(9)6(8)4-11/h2-3,11H,4H2,1H3. The number of methoxy groups -OCH3 is 1. The number of ether oxygens (including phenoxy) is 1. The number of halogens is 2. The molecule has 0 aliphatic carbocycles. The van der Waals surface area contributed by atoms with Gasteiger partial charge in [-0.25, -0.2) is 4.39 Å². The van der Waals surface area contributed by atoms with E-state index in [0.717, 1.165) is 6.07 Å². The van der Waals surface area contributed by atoms with Gasteiger partial charge in [-0.1, -0.05) is 11.6 Å². The van der Waals surface area contributed by atoms with Gasteiger partial charge in [0.1, 0.15) is 11.6 Å². The summed E-state index contributed by atoms with van der Waals surface area (Å²) in [6.45, 7) is -0.262. The number of hydrogen-bond acceptors (Lipinski definition) is 2. The van der Waals surface area contributed by atoms with Crippen molar-refractivity contribution in [3.63, 3.8) is 0 Å². The van der Waals surface area contributed by atoms with E-state index in [1.807, 2.05) is 0 Å². The molecule has 0 aliphatic rings. The van der Waals surface area contributed by atoms with Gasteiger partial charge in [-0.3, -0.25) is 0 Å². The summed E-state index contributed by atoms with van der Waals surface area (Å²) in [5.41, 5.74) is 0.403. The zero-order valence-electron chi connectivity index (χ0n) is 6.47. The average Bonchev–Trinajstić information content (AvgIpc) is 2.03. The van der Waals surface area contributed by atoms with Crippen molar-refractivity contribution < 1.29 is 14.2 Å². The molecule has 1 aromatic carbocycles. The highest BCUT2D eigenvalue weighted by molar-refractivity contribution is 6.31. The van der Waals surface area contributed by atoms with E-state index in [0.29, 0.717) is 5.56 Å². The van der Waals surface area contributed by atoms with Gasteiger partial charge >= 0.3 is 0 Å². The van der Waals surface area contributed by atoms with Crippen LogP contribution in [-0.2, 0) is 6.61 Å². The van der Waals surface area contributed by atoms with E-state index in [1.165, 1.54) is 13.2 Å². The monoisotopic (exact) mass is 190 g/mol. The van der Waals surface area contributed by atoms with Crippen LogP contribution < -0.4 is 4.74 Å². The van der Waals surface area contributed by atoms with E-state index in [4.69, 9.17) is 21.4 Å². The van der Waals surface area contributed by atoms with Crippen LogP contribution in [0.4, 0.5) is 4.39 Å². The van der Waals surface area contributed by atoms with Crippen LogP contribution in [-0.4, -0.2) is 12.2 Å². The van der Waals surface area contributed by atoms with Crippen molar-refractivity contribution in [1.82, 2.24) is 0 Å². The molecule has 0 aliphatic heterocycles. The summed E-state index contributed by atoms with van der Waals surface area (Å²) in [5, 5.41) is 9.01. The maximum Gasteiger partial charge on any atom is 0.128 e. The molecule has 0 atom stereocenters. The molecule has 0 amide bonds. The van der Waals surface area contributed by atoms with Crippen molar-refractivity contribution in [2.45, 2.75) is 6.61 Å². The number of rotatable bonds is 2. The van der Waals surface area contributed by atoms with Gasteiger partial charge in [0, 0.05) is 11.6 Å². The molecule has 0 bridgehead atoms. The summed E-state index contributed by atoms with van der Waals surface area (Å²) >= 11 is 5.63. The molecule has 0 unspecified atom stereocenters. The van der Waals surface area contributed by atoms with Crippen molar-refractivity contribution in [3.8, 4) is 5.75 Å². The van der Waals surface area contributed by atoms with Crippen molar-refractivity contribution in [3.05, 3.63) is 28.5 Å². The molecule has 0 aromatic heterocycles. The average molecular weight is 191 g/mol. The Bertz CT molecular complexity index is 289. The van der Waals surface area contributed by atoms with Gasteiger partial charge in [-0.2, -0.15) is 0 Å². The third-order valence-corrected chi connectivity index (χ3v) is 1.83. The van der Waals surface area contributed by atoms with E-state index in [1.54, 1.807) is 0 Å². The zero-order chi connectivity index (χ0) is 9.14. The van der Waals surface area contributed by atoms with Gasteiger partial charge in [0.15, 0.2) is 0 Å². The van der Waals surface area contributed by atoms with E-state index in [-0.39, 0.29) is 17.4 Å². The molecule has 0 heterocycles. The van der Waals surface area contributed by atoms with Crippen LogP contribution in [0.1, 0.15) is 5.56 Å². The second-order valence-corrected chi connectivity index (χ2v) is 2.63. The summed E-state index contributed by atoms with van der Waals surface area (Å²) in [7, 11) is 1.39. The number of aliphatic hydroxyl groups is 1. The summed E-state index contributed by atoms with van der Waals surface area (Å²) in [5.74, 6) is -0.212. The van der Waals surface area contributed by atoms with Crippen LogP contribution in [0.5, 0.6) is 5.75 Å². The topological polar surface area (TPSA) is 29.5 Å². The lowest BCUT2D eigenvalue weighted by Gasteiger charge is -2.07. The lowest BCUT2D eigenvalue weighted by Crippen LogP contribution is -1.94. The van der Waals surface area contributed by atoms with Gasteiger partial charge in [0.2, 0.25) is 0 Å². The molecule has 1 rings (SSSR count).